The Bertz CT molecular complexity index is 713. The van der Waals surface area contributed by atoms with Crippen molar-refractivity contribution >= 4 is 0 Å². The van der Waals surface area contributed by atoms with Crippen LogP contribution in [-0.2, 0) is 0 Å². The third kappa shape index (κ3) is 3.34. The van der Waals surface area contributed by atoms with E-state index < -0.39 is 63.5 Å². The van der Waals surface area contributed by atoms with Crippen LogP contribution in [0.25, 0.3) is 11.1 Å². The second kappa shape index (κ2) is 7.59. The molecule has 0 amide bonds. The van der Waals surface area contributed by atoms with E-state index in [1.807, 2.05) is 0 Å². The number of hydrogen-bond acceptors (Lipinski definition) is 0. The molecule has 0 heterocycles. The molecule has 0 aromatic heterocycles. The molecule has 9 heteroatoms. The van der Waals surface area contributed by atoms with Gasteiger partial charge in [-0.25, -0.2) is 39.5 Å². The molecule has 0 saturated carbocycles. The molecule has 0 bridgehead atoms. The highest BCUT2D eigenvalue weighted by atomic mass is 19.2. The monoisotopic (exact) mass is 360 g/mol. The van der Waals surface area contributed by atoms with Crippen molar-refractivity contribution in [3.63, 3.8) is 0 Å². The highest BCUT2D eigenvalue weighted by Gasteiger charge is 2.32. The summed E-state index contributed by atoms with van der Waals surface area (Å²) < 4.78 is 118. The van der Waals surface area contributed by atoms with Crippen LogP contribution in [0.2, 0.25) is 0 Å². The first-order chi connectivity index (χ1) is 11.1. The van der Waals surface area contributed by atoms with Gasteiger partial charge in [-0.15, -0.1) is 0 Å². The first kappa shape index (κ1) is 19.9. The van der Waals surface area contributed by atoms with Crippen molar-refractivity contribution in [2.75, 3.05) is 0 Å². The van der Waals surface area contributed by atoms with E-state index in [2.05, 4.69) is 13.8 Å². The third-order valence-corrected chi connectivity index (χ3v) is 2.57. The van der Waals surface area contributed by atoms with Crippen LogP contribution in [0.15, 0.2) is 6.07 Å². The lowest BCUT2D eigenvalue weighted by atomic mass is 10.0. The molecule has 0 spiro atoms. The van der Waals surface area contributed by atoms with Crippen molar-refractivity contribution in [2.45, 2.75) is 20.3 Å². The number of rotatable bonds is 1. The molecule has 0 atom stereocenters. The van der Waals surface area contributed by atoms with Crippen LogP contribution in [0.1, 0.15) is 20.3 Å². The lowest BCUT2D eigenvalue weighted by Gasteiger charge is -2.11. The minimum absolute atomic E-state index is 0.278. The van der Waals surface area contributed by atoms with E-state index in [-0.39, 0.29) is 6.07 Å². The van der Waals surface area contributed by atoms with E-state index in [0.717, 1.165) is 0 Å². The van der Waals surface area contributed by atoms with E-state index in [0.29, 0.717) is 0 Å². The van der Waals surface area contributed by atoms with Crippen LogP contribution >= 0.6 is 0 Å². The topological polar surface area (TPSA) is 0 Å². The Morgan fingerprint density at radius 1 is 0.500 bits per heavy atom. The Kier molecular flexibility index (Phi) is 6.28. The zero-order valence-corrected chi connectivity index (χ0v) is 12.2. The second-order valence-electron chi connectivity index (χ2n) is 4.50. The maximum Gasteiger partial charge on any atom is 0.200 e. The van der Waals surface area contributed by atoms with E-state index >= 15 is 0 Å². The number of hydrogen-bond donors (Lipinski definition) is 0. The van der Waals surface area contributed by atoms with E-state index in [1.54, 1.807) is 0 Å². The first-order valence-electron chi connectivity index (χ1n) is 6.44. The fourth-order valence-electron chi connectivity index (χ4n) is 1.62. The van der Waals surface area contributed by atoms with Crippen LogP contribution in [0, 0.1) is 52.4 Å². The summed E-state index contributed by atoms with van der Waals surface area (Å²) in [5.74, 6) is -21.5. The summed E-state index contributed by atoms with van der Waals surface area (Å²) in [6, 6.07) is -0.278. The van der Waals surface area contributed by atoms with Gasteiger partial charge in [0.2, 0.25) is 5.82 Å². The van der Waals surface area contributed by atoms with Crippen molar-refractivity contribution in [3.8, 4) is 11.1 Å². The van der Waals surface area contributed by atoms with Gasteiger partial charge in [-0.1, -0.05) is 20.3 Å². The van der Waals surface area contributed by atoms with Gasteiger partial charge in [0.25, 0.3) is 0 Å². The lowest BCUT2D eigenvalue weighted by Crippen LogP contribution is -2.08. The minimum Gasteiger partial charge on any atom is -0.204 e. The average molecular weight is 360 g/mol. The Hall–Kier alpha value is -2.19. The summed E-state index contributed by atoms with van der Waals surface area (Å²) in [5.41, 5.74) is -4.12. The van der Waals surface area contributed by atoms with Gasteiger partial charge in [-0.3, -0.25) is 0 Å². The van der Waals surface area contributed by atoms with Gasteiger partial charge in [0.05, 0.1) is 11.1 Å². The molecule has 0 aliphatic heterocycles. The molecule has 2 aromatic carbocycles. The van der Waals surface area contributed by atoms with Crippen LogP contribution in [0.3, 0.4) is 0 Å². The SMILES string of the molecule is CCC.Fc1cc(F)c(F)c(-c2c(F)c(F)c(F)c(F)c2F)c1F. The highest BCUT2D eigenvalue weighted by molar-refractivity contribution is 5.67. The Balaban J connectivity index is 0.000000891. The molecule has 132 valence electrons. The van der Waals surface area contributed by atoms with Crippen molar-refractivity contribution in [1.29, 1.82) is 0 Å². The molecule has 0 saturated heterocycles. The van der Waals surface area contributed by atoms with E-state index in [4.69, 9.17) is 0 Å². The van der Waals surface area contributed by atoms with Gasteiger partial charge < -0.3 is 0 Å². The van der Waals surface area contributed by atoms with Crippen LogP contribution in [0.4, 0.5) is 39.5 Å². The molecule has 0 aliphatic rings. The molecule has 0 radical (unpaired) electrons. The largest absolute Gasteiger partial charge is 0.204 e. The molecule has 24 heavy (non-hydrogen) atoms. The summed E-state index contributed by atoms with van der Waals surface area (Å²) in [4.78, 5) is 0. The number of halogens is 9. The Morgan fingerprint density at radius 2 is 0.750 bits per heavy atom. The first-order valence-corrected chi connectivity index (χ1v) is 6.44. The fraction of sp³-hybridized carbons (Fsp3) is 0.200. The fourth-order valence-corrected chi connectivity index (χ4v) is 1.62. The third-order valence-electron chi connectivity index (χ3n) is 2.57. The van der Waals surface area contributed by atoms with Gasteiger partial charge in [0.15, 0.2) is 46.5 Å². The summed E-state index contributed by atoms with van der Waals surface area (Å²) in [5, 5.41) is 0. The Labute approximate surface area is 130 Å². The van der Waals surface area contributed by atoms with Gasteiger partial charge in [-0.2, -0.15) is 0 Å². The molecular weight excluding hydrogens is 351 g/mol. The normalized spacial score (nSPS) is 10.5. The van der Waals surface area contributed by atoms with Crippen molar-refractivity contribution in [1.82, 2.24) is 0 Å². The van der Waals surface area contributed by atoms with Crippen LogP contribution in [0.5, 0.6) is 0 Å². The summed E-state index contributed by atoms with van der Waals surface area (Å²) in [7, 11) is 0. The molecule has 0 unspecified atom stereocenters. The van der Waals surface area contributed by atoms with Crippen molar-refractivity contribution < 1.29 is 39.5 Å². The smallest absolute Gasteiger partial charge is 0.200 e. The van der Waals surface area contributed by atoms with Crippen molar-refractivity contribution in [2.24, 2.45) is 0 Å². The molecule has 0 nitrogen and oxygen atoms in total. The summed E-state index contributed by atoms with van der Waals surface area (Å²) in [6.07, 6.45) is 1.25. The quantitative estimate of drug-likeness (QED) is 0.331. The van der Waals surface area contributed by atoms with Gasteiger partial charge in [0, 0.05) is 6.07 Å². The predicted octanol–water partition coefficient (Wildman–Crippen LogP) is 6.02. The van der Waals surface area contributed by atoms with Crippen LogP contribution in [-0.4, -0.2) is 0 Å². The molecule has 0 N–H and O–H groups in total. The molecule has 2 aromatic rings. The zero-order valence-electron chi connectivity index (χ0n) is 12.2. The van der Waals surface area contributed by atoms with Gasteiger partial charge in [0.1, 0.15) is 0 Å². The maximum absolute atomic E-state index is 13.4. The molecule has 0 fully saturated rings. The zero-order chi connectivity index (χ0) is 18.8. The average Bonchev–Trinajstić information content (AvgIpc) is 2.53. The summed E-state index contributed by atoms with van der Waals surface area (Å²) >= 11 is 0. The minimum atomic E-state index is -2.59. The molecular formula is C15H9F9. The summed E-state index contributed by atoms with van der Waals surface area (Å²) in [6.45, 7) is 4.25. The molecule has 0 aliphatic carbocycles. The van der Waals surface area contributed by atoms with Gasteiger partial charge in [-0.05, 0) is 0 Å². The van der Waals surface area contributed by atoms with Crippen molar-refractivity contribution in [3.05, 3.63) is 58.4 Å². The van der Waals surface area contributed by atoms with Crippen LogP contribution < -0.4 is 0 Å². The lowest BCUT2D eigenvalue weighted by molar-refractivity contribution is 0.379. The second-order valence-corrected chi connectivity index (χ2v) is 4.50. The Morgan fingerprint density at radius 3 is 1.08 bits per heavy atom. The predicted molar refractivity (Wildman–Crippen MR) is 67.5 cm³/mol. The number of benzene rings is 2. The standard InChI is InChI=1S/C12HF9.C3H8/c13-2-1-3(14)7(16)4(6(2)15)5-8(17)10(19)12(21)11(20)9(5)18;1-3-2/h1H;3H2,1-2H3. The maximum atomic E-state index is 13.4. The highest BCUT2D eigenvalue weighted by Crippen LogP contribution is 2.36. The van der Waals surface area contributed by atoms with Gasteiger partial charge >= 0.3 is 0 Å². The van der Waals surface area contributed by atoms with E-state index in [1.165, 1.54) is 6.42 Å². The van der Waals surface area contributed by atoms with E-state index in [9.17, 15) is 39.5 Å². The molecule has 2 rings (SSSR count).